The zero-order valence-electron chi connectivity index (χ0n) is 23.7. The fraction of sp³-hybridized carbons (Fsp3) is 0.714. The number of hydrogen-bond acceptors (Lipinski definition) is 6. The molecule has 2 amide bonds. The summed E-state index contributed by atoms with van der Waals surface area (Å²) < 4.78 is 4.88. The van der Waals surface area contributed by atoms with Crippen molar-refractivity contribution in [2.24, 2.45) is 11.3 Å². The van der Waals surface area contributed by atoms with Gasteiger partial charge in [0.15, 0.2) is 0 Å². The van der Waals surface area contributed by atoms with Gasteiger partial charge >= 0.3 is 0 Å². The lowest BCUT2D eigenvalue weighted by atomic mass is 9.92. The minimum Gasteiger partial charge on any atom is -0.362 e. The lowest BCUT2D eigenvalue weighted by Crippen LogP contribution is -2.30. The molecule has 3 rings (SSSR count). The second kappa shape index (κ2) is 18.1. The van der Waals surface area contributed by atoms with Crippen LogP contribution in [0.2, 0.25) is 0 Å². The maximum Gasteiger partial charge on any atom is 0.223 e. The quantitative estimate of drug-likeness (QED) is 0.315. The summed E-state index contributed by atoms with van der Waals surface area (Å²) in [7, 11) is 1.56. The summed E-state index contributed by atoms with van der Waals surface area (Å²) in [6.45, 7) is 19.7. The van der Waals surface area contributed by atoms with Crippen LogP contribution in [-0.2, 0) is 9.59 Å². The van der Waals surface area contributed by atoms with Gasteiger partial charge in [-0.1, -0.05) is 41.5 Å². The van der Waals surface area contributed by atoms with Crippen molar-refractivity contribution in [3.8, 4) is 0 Å². The van der Waals surface area contributed by atoms with Gasteiger partial charge in [-0.3, -0.25) is 9.59 Å². The lowest BCUT2D eigenvalue weighted by Gasteiger charge is -2.29. The Morgan fingerprint density at radius 2 is 1.61 bits per heavy atom. The first-order valence-corrected chi connectivity index (χ1v) is 15.0. The van der Waals surface area contributed by atoms with Crippen LogP contribution in [0.25, 0.3) is 0 Å². The van der Waals surface area contributed by atoms with Crippen molar-refractivity contribution >= 4 is 36.2 Å². The predicted molar refractivity (Wildman–Crippen MR) is 156 cm³/mol. The number of likely N-dealkylation sites (tertiary alicyclic amines) is 1. The van der Waals surface area contributed by atoms with Crippen LogP contribution in [0, 0.1) is 11.3 Å². The Hall–Kier alpha value is -1.22. The van der Waals surface area contributed by atoms with Crippen LogP contribution < -0.4 is 5.32 Å². The molecule has 2 saturated heterocycles. The highest BCUT2D eigenvalue weighted by Crippen LogP contribution is 2.30. The zero-order valence-corrected chi connectivity index (χ0v) is 25.3. The minimum absolute atomic E-state index is 0.139. The molecule has 0 aliphatic carbocycles. The van der Waals surface area contributed by atoms with Gasteiger partial charge in [0.1, 0.15) is 0 Å². The van der Waals surface area contributed by atoms with Crippen LogP contribution in [0.5, 0.6) is 0 Å². The average molecular weight is 539 g/mol. The Morgan fingerprint density at radius 3 is 2.08 bits per heavy atom. The Bertz CT molecular complexity index is 730. The molecular formula is C28H50N4O2S2. The number of nitrogens with one attached hydrogen (secondary N) is 1. The third kappa shape index (κ3) is 14.5. The highest BCUT2D eigenvalue weighted by atomic mass is 32.2. The number of hydrogen-bond donors (Lipinski definition) is 1. The van der Waals surface area contributed by atoms with Gasteiger partial charge in [0, 0.05) is 62.5 Å². The number of benzene rings is 1. The lowest BCUT2D eigenvalue weighted by molar-refractivity contribution is -0.132. The molecule has 6 nitrogen and oxygen atoms in total. The second-order valence-electron chi connectivity index (χ2n) is 10.6. The van der Waals surface area contributed by atoms with Crippen LogP contribution in [0.4, 0.5) is 0 Å². The van der Waals surface area contributed by atoms with E-state index < -0.39 is 0 Å². The molecule has 0 aromatic heterocycles. The number of carbonyl (C=O) groups is 2. The van der Waals surface area contributed by atoms with E-state index in [0.717, 1.165) is 32.1 Å². The smallest absolute Gasteiger partial charge is 0.223 e. The number of piperidine rings is 1. The molecule has 8 heteroatoms. The van der Waals surface area contributed by atoms with Gasteiger partial charge in [-0.15, -0.1) is 0 Å². The zero-order chi connectivity index (χ0) is 27.0. The van der Waals surface area contributed by atoms with E-state index >= 15 is 0 Å². The maximum atomic E-state index is 11.6. The molecule has 2 aliphatic rings. The largest absolute Gasteiger partial charge is 0.362 e. The fourth-order valence-electron chi connectivity index (χ4n) is 3.97. The van der Waals surface area contributed by atoms with Crippen LogP contribution >= 0.6 is 23.9 Å². The van der Waals surface area contributed by atoms with E-state index in [1.165, 1.54) is 48.6 Å². The van der Waals surface area contributed by atoms with Gasteiger partial charge in [0.25, 0.3) is 0 Å². The van der Waals surface area contributed by atoms with Crippen molar-refractivity contribution in [1.82, 2.24) is 18.8 Å². The molecule has 0 saturated carbocycles. The van der Waals surface area contributed by atoms with Gasteiger partial charge in [0.05, 0.1) is 0 Å². The summed E-state index contributed by atoms with van der Waals surface area (Å²) in [5.74, 6) is 1.17. The highest BCUT2D eigenvalue weighted by Gasteiger charge is 2.23. The topological polar surface area (TPSA) is 55.9 Å². The molecule has 206 valence electrons. The van der Waals surface area contributed by atoms with E-state index in [4.69, 9.17) is 4.79 Å². The van der Waals surface area contributed by atoms with Crippen molar-refractivity contribution in [1.29, 1.82) is 0 Å². The molecule has 1 unspecified atom stereocenters. The van der Waals surface area contributed by atoms with Crippen LogP contribution in [0.15, 0.2) is 34.1 Å². The third-order valence-corrected chi connectivity index (χ3v) is 8.21. The van der Waals surface area contributed by atoms with Gasteiger partial charge in [-0.05, 0) is 85.2 Å². The minimum atomic E-state index is 0.139. The Labute approximate surface area is 229 Å². The van der Waals surface area contributed by atoms with Crippen molar-refractivity contribution in [2.75, 3.05) is 46.3 Å². The Balaban J connectivity index is 0.000000343. The summed E-state index contributed by atoms with van der Waals surface area (Å²) >= 11 is 3.77. The van der Waals surface area contributed by atoms with E-state index in [2.05, 4.69) is 79.7 Å². The van der Waals surface area contributed by atoms with Gasteiger partial charge < -0.3 is 10.2 Å². The SMILES string of the molecule is CC(C)(C)CC(=O)N1CCCC1.CCN(CC)Sc1ccc(SN2CCCC(C)C2)cc1.CNC=O. The summed E-state index contributed by atoms with van der Waals surface area (Å²) in [4.78, 5) is 25.3. The van der Waals surface area contributed by atoms with E-state index in [0.29, 0.717) is 18.7 Å². The predicted octanol–water partition coefficient (Wildman–Crippen LogP) is 6.18. The Kier molecular flexibility index (Phi) is 16.5. The fourth-order valence-corrected chi connectivity index (χ4v) is 5.89. The normalized spacial score (nSPS) is 18.1. The molecule has 2 fully saturated rings. The molecule has 2 heterocycles. The molecule has 1 atom stereocenters. The first-order chi connectivity index (χ1) is 17.1. The van der Waals surface area contributed by atoms with Crippen molar-refractivity contribution in [2.45, 2.75) is 83.4 Å². The summed E-state index contributed by atoms with van der Waals surface area (Å²) in [6.07, 6.45) is 6.42. The van der Waals surface area contributed by atoms with Gasteiger partial charge in [-0.25, -0.2) is 8.61 Å². The van der Waals surface area contributed by atoms with Crippen molar-refractivity contribution in [3.05, 3.63) is 24.3 Å². The molecule has 36 heavy (non-hydrogen) atoms. The van der Waals surface area contributed by atoms with Gasteiger partial charge in [0.2, 0.25) is 12.3 Å². The molecule has 0 bridgehead atoms. The maximum absolute atomic E-state index is 11.6. The molecule has 2 aliphatic heterocycles. The molecule has 1 N–H and O–H groups in total. The van der Waals surface area contributed by atoms with E-state index in [-0.39, 0.29) is 5.41 Å². The first-order valence-electron chi connectivity index (χ1n) is 13.5. The number of rotatable bonds is 8. The third-order valence-electron chi connectivity index (χ3n) is 5.88. The van der Waals surface area contributed by atoms with E-state index in [9.17, 15) is 4.79 Å². The van der Waals surface area contributed by atoms with Crippen LogP contribution in [0.3, 0.4) is 0 Å². The monoisotopic (exact) mass is 538 g/mol. The van der Waals surface area contributed by atoms with Crippen LogP contribution in [-0.4, -0.2) is 72.1 Å². The molecule has 0 radical (unpaired) electrons. The Morgan fingerprint density at radius 1 is 1.06 bits per heavy atom. The first kappa shape index (κ1) is 32.8. The molecule has 1 aromatic carbocycles. The van der Waals surface area contributed by atoms with E-state index in [1.54, 1.807) is 7.05 Å². The number of carbonyl (C=O) groups excluding carboxylic acids is 2. The van der Waals surface area contributed by atoms with Crippen LogP contribution in [0.1, 0.15) is 73.6 Å². The van der Waals surface area contributed by atoms with E-state index in [1.807, 2.05) is 28.8 Å². The molecule has 0 spiro atoms. The standard InChI is InChI=1S/C16H26N2S2.C10H19NO.C2H5NO/c1-4-17(5-2)19-15-8-10-16(11-9-15)20-18-12-6-7-14(3)13-18;1-10(2,3)8-9(12)11-6-4-5-7-11;1-3-2-4/h8-11,14H,4-7,12-13H2,1-3H3;4-8H2,1-3H3;2H,1H3,(H,3,4). The number of amides is 2. The summed E-state index contributed by atoms with van der Waals surface area (Å²) in [6, 6.07) is 9.02. The summed E-state index contributed by atoms with van der Waals surface area (Å²) in [5.41, 5.74) is 0.139. The average Bonchev–Trinajstić information content (AvgIpc) is 3.39. The number of nitrogens with zero attached hydrogens (tertiary/aromatic N) is 3. The van der Waals surface area contributed by atoms with Crippen molar-refractivity contribution < 1.29 is 9.59 Å². The second-order valence-corrected chi connectivity index (χ2v) is 13.0. The van der Waals surface area contributed by atoms with Crippen molar-refractivity contribution in [3.63, 3.8) is 0 Å². The molecule has 1 aromatic rings. The molecular weight excluding hydrogens is 488 g/mol. The highest BCUT2D eigenvalue weighted by molar-refractivity contribution is 7.97. The summed E-state index contributed by atoms with van der Waals surface area (Å²) in [5, 5.41) is 2.25. The van der Waals surface area contributed by atoms with Gasteiger partial charge in [-0.2, -0.15) is 0 Å².